The quantitative estimate of drug-likeness (QED) is 0.883. The summed E-state index contributed by atoms with van der Waals surface area (Å²) in [5, 5.41) is 0. The summed E-state index contributed by atoms with van der Waals surface area (Å²) in [6.45, 7) is 10.8. The van der Waals surface area contributed by atoms with Crippen molar-refractivity contribution in [3.63, 3.8) is 0 Å². The summed E-state index contributed by atoms with van der Waals surface area (Å²) >= 11 is 0. The van der Waals surface area contributed by atoms with E-state index in [0.29, 0.717) is 0 Å². The lowest BCUT2D eigenvalue weighted by molar-refractivity contribution is 0.736. The van der Waals surface area contributed by atoms with Gasteiger partial charge in [-0.2, -0.15) is 0 Å². The van der Waals surface area contributed by atoms with Crippen LogP contribution >= 0.6 is 0 Å². The van der Waals surface area contributed by atoms with Gasteiger partial charge >= 0.3 is 0 Å². The van der Waals surface area contributed by atoms with Crippen LogP contribution in [0.4, 0.5) is 0 Å². The van der Waals surface area contributed by atoms with E-state index < -0.39 is 0 Å². The van der Waals surface area contributed by atoms with E-state index in [0.717, 1.165) is 12.8 Å². The molecular weight excluding hydrogens is 254 g/mol. The van der Waals surface area contributed by atoms with Gasteiger partial charge < -0.3 is 5.73 Å². The van der Waals surface area contributed by atoms with Gasteiger partial charge in [0.05, 0.1) is 0 Å². The van der Waals surface area contributed by atoms with Crippen LogP contribution in [-0.4, -0.2) is 6.04 Å². The van der Waals surface area contributed by atoms with E-state index in [2.05, 4.69) is 65.0 Å². The minimum Gasteiger partial charge on any atom is -0.328 e. The molecule has 2 aromatic rings. The highest BCUT2D eigenvalue weighted by atomic mass is 14.6. The van der Waals surface area contributed by atoms with Crippen molar-refractivity contribution in [1.82, 2.24) is 0 Å². The van der Waals surface area contributed by atoms with Crippen LogP contribution in [-0.2, 0) is 12.8 Å². The van der Waals surface area contributed by atoms with Gasteiger partial charge in [0.1, 0.15) is 0 Å². The second-order valence-electron chi connectivity index (χ2n) is 6.56. The predicted molar refractivity (Wildman–Crippen MR) is 92.0 cm³/mol. The third-order valence-electron chi connectivity index (χ3n) is 3.98. The van der Waals surface area contributed by atoms with Gasteiger partial charge in [-0.05, 0) is 75.3 Å². The molecule has 1 nitrogen and oxygen atoms in total. The fourth-order valence-electron chi connectivity index (χ4n) is 3.23. The molecule has 0 radical (unpaired) electrons. The van der Waals surface area contributed by atoms with E-state index in [1.807, 2.05) is 0 Å². The van der Waals surface area contributed by atoms with Gasteiger partial charge in [0.25, 0.3) is 0 Å². The zero-order valence-corrected chi connectivity index (χ0v) is 14.0. The highest BCUT2D eigenvalue weighted by Gasteiger charge is 2.08. The van der Waals surface area contributed by atoms with E-state index in [-0.39, 0.29) is 6.04 Å². The van der Waals surface area contributed by atoms with Crippen molar-refractivity contribution in [3.8, 4) is 0 Å². The van der Waals surface area contributed by atoms with E-state index in [9.17, 15) is 0 Å². The third-order valence-corrected chi connectivity index (χ3v) is 3.98. The highest BCUT2D eigenvalue weighted by molar-refractivity contribution is 5.42. The van der Waals surface area contributed by atoms with Crippen LogP contribution in [0.25, 0.3) is 0 Å². The fourth-order valence-corrected chi connectivity index (χ4v) is 3.23. The summed E-state index contributed by atoms with van der Waals surface area (Å²) in [5.74, 6) is 0. The first-order chi connectivity index (χ1) is 9.85. The summed E-state index contributed by atoms with van der Waals surface area (Å²) < 4.78 is 0. The van der Waals surface area contributed by atoms with Crippen LogP contribution in [0, 0.1) is 27.7 Å². The number of aryl methyl sites for hydroxylation is 4. The first kappa shape index (κ1) is 15.8. The number of nitrogens with two attached hydrogens (primary N) is 1. The third kappa shape index (κ3) is 4.18. The lowest BCUT2D eigenvalue weighted by atomic mass is 9.91. The maximum absolute atomic E-state index is 5.92. The molecule has 21 heavy (non-hydrogen) atoms. The van der Waals surface area contributed by atoms with Crippen LogP contribution in [0.5, 0.6) is 0 Å². The van der Waals surface area contributed by atoms with E-state index >= 15 is 0 Å². The monoisotopic (exact) mass is 281 g/mol. The number of hydrogen-bond acceptors (Lipinski definition) is 1. The largest absolute Gasteiger partial charge is 0.328 e. The van der Waals surface area contributed by atoms with Crippen molar-refractivity contribution < 1.29 is 0 Å². The fraction of sp³-hybridized carbons (Fsp3) is 0.400. The Bertz CT molecular complexity index is 595. The summed E-state index contributed by atoms with van der Waals surface area (Å²) in [6.07, 6.45) is 1.96. The van der Waals surface area contributed by atoms with Gasteiger partial charge in [0.2, 0.25) is 0 Å². The SMILES string of the molecule is Cc1cc(C)cc(Cc2c(C)cc(CC(C)N)cc2C)c1. The Morgan fingerprint density at radius 2 is 1.33 bits per heavy atom. The minimum atomic E-state index is 0.217. The van der Waals surface area contributed by atoms with Gasteiger partial charge in [-0.1, -0.05) is 41.5 Å². The maximum atomic E-state index is 5.92. The Morgan fingerprint density at radius 3 is 1.81 bits per heavy atom. The number of hydrogen-bond donors (Lipinski definition) is 1. The zero-order chi connectivity index (χ0) is 15.6. The lowest BCUT2D eigenvalue weighted by Crippen LogP contribution is -2.18. The average Bonchev–Trinajstić information content (AvgIpc) is 2.31. The zero-order valence-electron chi connectivity index (χ0n) is 14.0. The summed E-state index contributed by atoms with van der Waals surface area (Å²) in [7, 11) is 0. The summed E-state index contributed by atoms with van der Waals surface area (Å²) in [6, 6.07) is 11.6. The Balaban J connectivity index is 2.31. The Hall–Kier alpha value is -1.60. The number of rotatable bonds is 4. The first-order valence-electron chi connectivity index (χ1n) is 7.77. The topological polar surface area (TPSA) is 26.0 Å². The van der Waals surface area contributed by atoms with E-state index in [1.54, 1.807) is 0 Å². The van der Waals surface area contributed by atoms with Crippen molar-refractivity contribution in [2.24, 2.45) is 5.73 Å². The molecule has 1 unspecified atom stereocenters. The molecule has 0 fully saturated rings. The van der Waals surface area contributed by atoms with Crippen LogP contribution in [0.3, 0.4) is 0 Å². The lowest BCUT2D eigenvalue weighted by Gasteiger charge is -2.15. The molecule has 0 bridgehead atoms. The Labute approximate surface area is 129 Å². The van der Waals surface area contributed by atoms with Crippen molar-refractivity contribution in [2.75, 3.05) is 0 Å². The molecule has 0 aliphatic heterocycles. The molecule has 0 saturated carbocycles. The molecule has 0 aromatic heterocycles. The standard InChI is InChI=1S/C20H27N/c1-13-6-14(2)8-18(7-13)12-20-15(3)9-19(10-16(20)4)11-17(5)21/h6-10,17H,11-12,21H2,1-5H3. The molecule has 0 saturated heterocycles. The van der Waals surface area contributed by atoms with Gasteiger partial charge in [-0.3, -0.25) is 0 Å². The minimum absolute atomic E-state index is 0.217. The van der Waals surface area contributed by atoms with Crippen molar-refractivity contribution in [3.05, 3.63) is 69.3 Å². The summed E-state index contributed by atoms with van der Waals surface area (Å²) in [5.41, 5.74) is 15.6. The molecule has 112 valence electrons. The van der Waals surface area contributed by atoms with Crippen LogP contribution in [0.1, 0.15) is 45.9 Å². The molecule has 2 aromatic carbocycles. The Morgan fingerprint density at radius 1 is 0.810 bits per heavy atom. The maximum Gasteiger partial charge on any atom is 0.00509 e. The smallest absolute Gasteiger partial charge is 0.00509 e. The second-order valence-corrected chi connectivity index (χ2v) is 6.56. The van der Waals surface area contributed by atoms with E-state index in [1.165, 1.54) is 38.9 Å². The van der Waals surface area contributed by atoms with Gasteiger partial charge in [-0.15, -0.1) is 0 Å². The molecule has 0 heterocycles. The highest BCUT2D eigenvalue weighted by Crippen LogP contribution is 2.22. The van der Waals surface area contributed by atoms with Crippen LogP contribution in [0.2, 0.25) is 0 Å². The molecule has 0 spiro atoms. The predicted octanol–water partition coefficient (Wildman–Crippen LogP) is 4.40. The molecule has 0 aliphatic carbocycles. The molecular formula is C20H27N. The normalized spacial score (nSPS) is 12.5. The van der Waals surface area contributed by atoms with Crippen molar-refractivity contribution in [2.45, 2.75) is 53.5 Å². The van der Waals surface area contributed by atoms with Crippen LogP contribution < -0.4 is 5.73 Å². The first-order valence-corrected chi connectivity index (χ1v) is 7.77. The van der Waals surface area contributed by atoms with Crippen molar-refractivity contribution in [1.29, 1.82) is 0 Å². The Kier molecular flexibility index (Phi) is 4.84. The molecule has 1 atom stereocenters. The second kappa shape index (κ2) is 6.44. The van der Waals surface area contributed by atoms with Gasteiger partial charge in [-0.25, -0.2) is 0 Å². The molecule has 0 aliphatic rings. The average molecular weight is 281 g/mol. The van der Waals surface area contributed by atoms with Crippen LogP contribution in [0.15, 0.2) is 30.3 Å². The van der Waals surface area contributed by atoms with E-state index in [4.69, 9.17) is 5.73 Å². The number of benzene rings is 2. The molecule has 1 heteroatoms. The molecule has 0 amide bonds. The molecule has 2 N–H and O–H groups in total. The summed E-state index contributed by atoms with van der Waals surface area (Å²) in [4.78, 5) is 0. The van der Waals surface area contributed by atoms with Gasteiger partial charge in [0, 0.05) is 6.04 Å². The van der Waals surface area contributed by atoms with Crippen molar-refractivity contribution >= 4 is 0 Å². The molecule has 2 rings (SSSR count). The van der Waals surface area contributed by atoms with Gasteiger partial charge in [0.15, 0.2) is 0 Å².